The van der Waals surface area contributed by atoms with Crippen LogP contribution in [0.4, 0.5) is 26.3 Å². The van der Waals surface area contributed by atoms with Gasteiger partial charge in [-0.1, -0.05) is 37.4 Å². The van der Waals surface area contributed by atoms with E-state index < -0.39 is 58.5 Å². The van der Waals surface area contributed by atoms with Crippen LogP contribution in [0.1, 0.15) is 37.9 Å². The Balaban J connectivity index is 2.14. The van der Waals surface area contributed by atoms with Crippen LogP contribution in [0.5, 0.6) is 0 Å². The van der Waals surface area contributed by atoms with Gasteiger partial charge in [-0.25, -0.2) is 0 Å². The molecule has 1 fully saturated rings. The van der Waals surface area contributed by atoms with Crippen molar-refractivity contribution in [2.45, 2.75) is 39.7 Å². The molecule has 1 saturated carbocycles. The van der Waals surface area contributed by atoms with Crippen LogP contribution in [0.2, 0.25) is 0 Å². The molecule has 1 aromatic heterocycles. The van der Waals surface area contributed by atoms with E-state index >= 15 is 0 Å². The van der Waals surface area contributed by atoms with Gasteiger partial charge in [-0.2, -0.15) is 26.3 Å². The highest BCUT2D eigenvalue weighted by Gasteiger charge is 2.62. The quantitative estimate of drug-likeness (QED) is 0.352. The summed E-state index contributed by atoms with van der Waals surface area (Å²) in [5, 5.41) is -1.36. The molecule has 3 nitrogen and oxygen atoms in total. The fourth-order valence-corrected chi connectivity index (χ4v) is 3.03. The molecule has 0 aliphatic heterocycles. The molecule has 1 aliphatic rings. The molecule has 10 heteroatoms. The summed E-state index contributed by atoms with van der Waals surface area (Å²) in [5.41, 5.74) is -1.30. The Hall–Kier alpha value is -2.08. The van der Waals surface area contributed by atoms with Crippen LogP contribution in [-0.2, 0) is 22.3 Å². The minimum Gasteiger partial charge on any atom is -0.460 e. The molecule has 1 aliphatic carbocycles. The van der Waals surface area contributed by atoms with Gasteiger partial charge in [0, 0.05) is 5.56 Å². The lowest BCUT2D eigenvalue weighted by atomic mass is 10.1. The molecule has 0 unspecified atom stereocenters. The lowest BCUT2D eigenvalue weighted by molar-refractivity contribution is -0.157. The summed E-state index contributed by atoms with van der Waals surface area (Å²) in [6, 6.07) is 1.00. The molecule has 0 bridgehead atoms. The molecule has 0 spiro atoms. The molecule has 28 heavy (non-hydrogen) atoms. The van der Waals surface area contributed by atoms with Crippen LogP contribution in [0.25, 0.3) is 0 Å². The second-order valence-electron chi connectivity index (χ2n) is 6.78. The van der Waals surface area contributed by atoms with Gasteiger partial charge < -0.3 is 9.15 Å². The van der Waals surface area contributed by atoms with Crippen molar-refractivity contribution in [3.8, 4) is 11.8 Å². The van der Waals surface area contributed by atoms with E-state index in [1.54, 1.807) is 0 Å². The Morgan fingerprint density at radius 3 is 2.43 bits per heavy atom. The minimum absolute atomic E-state index is 0.245. The summed E-state index contributed by atoms with van der Waals surface area (Å²) in [6.45, 7) is 3.73. The molecule has 0 radical (unpaired) electrons. The zero-order chi connectivity index (χ0) is 21.5. The number of rotatable bonds is 4. The third-order valence-corrected chi connectivity index (χ3v) is 4.79. The highest BCUT2D eigenvalue weighted by atomic mass is 35.5. The minimum atomic E-state index is -4.82. The average molecular weight is 429 g/mol. The molecule has 0 N–H and O–H groups in total. The number of esters is 1. The summed E-state index contributed by atoms with van der Waals surface area (Å²) in [4.78, 5) is 12.2. The maximum absolute atomic E-state index is 13.0. The normalized spacial score (nSPS) is 21.7. The summed E-state index contributed by atoms with van der Waals surface area (Å²) in [7, 11) is 0. The molecule has 154 valence electrons. The number of carbonyl (C=O) groups is 1. The van der Waals surface area contributed by atoms with Crippen molar-refractivity contribution >= 4 is 17.6 Å². The second kappa shape index (κ2) is 7.39. The second-order valence-corrected chi connectivity index (χ2v) is 7.19. The van der Waals surface area contributed by atoms with Crippen LogP contribution in [0.15, 0.2) is 21.6 Å². The lowest BCUT2D eigenvalue weighted by Crippen LogP contribution is -2.13. The fourth-order valence-electron chi connectivity index (χ4n) is 2.89. The van der Waals surface area contributed by atoms with Crippen LogP contribution in [0.3, 0.4) is 0 Å². The third kappa shape index (κ3) is 4.66. The van der Waals surface area contributed by atoms with E-state index in [0.717, 1.165) is 12.1 Å². The van der Waals surface area contributed by atoms with Crippen LogP contribution < -0.4 is 0 Å². The van der Waals surface area contributed by atoms with Gasteiger partial charge in [0.1, 0.15) is 11.6 Å². The molecular weight excluding hydrogens is 414 g/mol. The van der Waals surface area contributed by atoms with Gasteiger partial charge in [-0.15, -0.1) is 0 Å². The summed E-state index contributed by atoms with van der Waals surface area (Å²) in [6.07, 6.45) is -8.84. The van der Waals surface area contributed by atoms with Crippen LogP contribution in [0, 0.1) is 29.1 Å². The molecule has 1 aromatic rings. The molecule has 2 atom stereocenters. The number of ether oxygens (including phenoxy) is 1. The van der Waals surface area contributed by atoms with Gasteiger partial charge in [0.2, 0.25) is 5.76 Å². The van der Waals surface area contributed by atoms with Gasteiger partial charge in [0.05, 0.1) is 5.92 Å². The van der Waals surface area contributed by atoms with Crippen molar-refractivity contribution in [2.24, 2.45) is 17.3 Å². The van der Waals surface area contributed by atoms with Gasteiger partial charge in [-0.05, 0) is 30.2 Å². The standard InChI is InChI=1S/C18H15ClF6O3/c1-4-5-10-6-9(14(28-10)18(23,24)25)8-27-15(26)13-11(16(13,2)3)7-12(19)17(20,21)22/h6-7,11,13H,8H2,1-3H3/t11-,13-/m0/s1. The maximum atomic E-state index is 13.0. The maximum Gasteiger partial charge on any atom is 0.450 e. The monoisotopic (exact) mass is 428 g/mol. The largest absolute Gasteiger partial charge is 0.460 e. The van der Waals surface area contributed by atoms with E-state index in [1.807, 2.05) is 0 Å². The molecule has 1 heterocycles. The zero-order valence-electron chi connectivity index (χ0n) is 14.9. The van der Waals surface area contributed by atoms with Crippen molar-refractivity contribution in [1.82, 2.24) is 0 Å². The Bertz CT molecular complexity index is 851. The fraction of sp³-hybridized carbons (Fsp3) is 0.500. The van der Waals surface area contributed by atoms with E-state index in [1.165, 1.54) is 20.8 Å². The summed E-state index contributed by atoms with van der Waals surface area (Å²) in [5.74, 6) is 0.406. The predicted octanol–water partition coefficient (Wildman–Crippen LogP) is 5.67. The predicted molar refractivity (Wildman–Crippen MR) is 86.8 cm³/mol. The lowest BCUT2D eigenvalue weighted by Gasteiger charge is -2.08. The van der Waals surface area contributed by atoms with Crippen molar-refractivity contribution in [2.75, 3.05) is 0 Å². The van der Waals surface area contributed by atoms with E-state index in [4.69, 9.17) is 16.3 Å². The third-order valence-electron chi connectivity index (χ3n) is 4.45. The topological polar surface area (TPSA) is 39.4 Å². The van der Waals surface area contributed by atoms with Crippen molar-refractivity contribution in [3.05, 3.63) is 34.3 Å². The van der Waals surface area contributed by atoms with E-state index in [2.05, 4.69) is 16.3 Å². The zero-order valence-corrected chi connectivity index (χ0v) is 15.6. The SMILES string of the molecule is CC#Cc1cc(COC(=O)[C@@H]2[C@H](C=C(Cl)C(F)(F)F)C2(C)C)c(C(F)(F)F)o1. The van der Waals surface area contributed by atoms with Crippen LogP contribution in [-0.4, -0.2) is 12.1 Å². The first-order chi connectivity index (χ1) is 12.7. The van der Waals surface area contributed by atoms with Gasteiger partial charge >= 0.3 is 18.3 Å². The van der Waals surface area contributed by atoms with E-state index in [0.29, 0.717) is 0 Å². The number of halogens is 7. The van der Waals surface area contributed by atoms with Crippen molar-refractivity contribution in [1.29, 1.82) is 0 Å². The first kappa shape index (κ1) is 22.2. The highest BCUT2D eigenvalue weighted by Crippen LogP contribution is 2.60. The molecule has 2 rings (SSSR count). The summed E-state index contributed by atoms with van der Waals surface area (Å²) >= 11 is 5.20. The van der Waals surface area contributed by atoms with E-state index in [9.17, 15) is 31.1 Å². The van der Waals surface area contributed by atoms with Crippen molar-refractivity contribution in [3.63, 3.8) is 0 Å². The number of hydrogen-bond acceptors (Lipinski definition) is 3. The first-order valence-electron chi connectivity index (χ1n) is 7.93. The number of allylic oxidation sites excluding steroid dienone is 2. The number of hydrogen-bond donors (Lipinski definition) is 0. The number of alkyl halides is 6. The Kier molecular flexibility index (Phi) is 5.86. The smallest absolute Gasteiger partial charge is 0.450 e. The first-order valence-corrected chi connectivity index (χ1v) is 8.31. The molecule has 0 aromatic carbocycles. The average Bonchev–Trinajstić information content (AvgIpc) is 2.89. The number of carbonyl (C=O) groups excluding carboxylic acids is 1. The van der Waals surface area contributed by atoms with Gasteiger partial charge in [0.25, 0.3) is 0 Å². The Morgan fingerprint density at radius 2 is 1.93 bits per heavy atom. The van der Waals surface area contributed by atoms with Crippen molar-refractivity contribution < 1.29 is 40.3 Å². The Morgan fingerprint density at radius 1 is 1.32 bits per heavy atom. The molecule has 0 amide bonds. The Labute approximate surface area is 161 Å². The van der Waals surface area contributed by atoms with Crippen LogP contribution >= 0.6 is 11.6 Å². The molecular formula is C18H15ClF6O3. The number of furan rings is 1. The summed E-state index contributed by atoms with van der Waals surface area (Å²) < 4.78 is 86.3. The highest BCUT2D eigenvalue weighted by molar-refractivity contribution is 6.30. The molecule has 0 saturated heterocycles. The van der Waals surface area contributed by atoms with Gasteiger partial charge in [0.15, 0.2) is 5.76 Å². The van der Waals surface area contributed by atoms with E-state index in [-0.39, 0.29) is 5.76 Å². The van der Waals surface area contributed by atoms with Gasteiger partial charge in [-0.3, -0.25) is 4.79 Å².